The summed E-state index contributed by atoms with van der Waals surface area (Å²) in [6.07, 6.45) is 32.1. The SMILES string of the molecule is CCCCC(CC)CC1=C2c3cc(C)c4ccccc4c3-c3c2c(c(C)c2ccccc32)CC1.CCCCCCCCC1=C2c3cc(C)c4ccccc4c3-c3c2c(c(C)c2ccccc32)CC1.Cc1cc2c(c3ccccc13)-c1c3c(c(C)c4ccccc14)CCC(CCC(C)CCCC(C)C)=C23.Cc1cc2c(c3ccccc13)-c1c3c(c(C)c4ccccc14)CCC(c1ccccc1)=C23. The van der Waals surface area contributed by atoms with E-state index in [2.05, 4.69) is 346 Å². The van der Waals surface area contributed by atoms with Crippen molar-refractivity contribution in [1.29, 1.82) is 0 Å². The highest BCUT2D eigenvalue weighted by molar-refractivity contribution is 6.27. The number of allylic oxidation sites excluding steroid dienone is 4. The number of rotatable bonds is 21. The molecule has 0 heterocycles. The molecule has 680 valence electrons. The Morgan fingerprint density at radius 2 is 0.537 bits per heavy atom. The Morgan fingerprint density at radius 1 is 0.235 bits per heavy atom. The van der Waals surface area contributed by atoms with Gasteiger partial charge in [-0.15, -0.1) is 0 Å². The van der Waals surface area contributed by atoms with E-state index in [-0.39, 0.29) is 0 Å². The minimum Gasteiger partial charge on any atom is -0.0654 e. The third-order valence-electron chi connectivity index (χ3n) is 34.0. The molecular formula is C136H136. The molecule has 0 radical (unpaired) electrons. The van der Waals surface area contributed by atoms with Gasteiger partial charge < -0.3 is 0 Å². The lowest BCUT2D eigenvalue weighted by molar-refractivity contribution is 0.435. The van der Waals surface area contributed by atoms with Crippen molar-refractivity contribution < 1.29 is 0 Å². The molecule has 0 saturated carbocycles. The highest BCUT2D eigenvalue weighted by Gasteiger charge is 2.42. The number of aryl methyl sites for hydroxylation is 8. The average molecular weight is 1770 g/mol. The molecule has 0 aliphatic heterocycles. The van der Waals surface area contributed by atoms with Crippen LogP contribution in [0, 0.1) is 73.1 Å². The summed E-state index contributed by atoms with van der Waals surface area (Å²) >= 11 is 0. The lowest BCUT2D eigenvalue weighted by Gasteiger charge is -2.27. The van der Waals surface area contributed by atoms with E-state index in [4.69, 9.17) is 0 Å². The quantitative estimate of drug-likeness (QED) is 0.0629. The maximum atomic E-state index is 2.51. The Morgan fingerprint density at radius 3 is 0.904 bits per heavy atom. The van der Waals surface area contributed by atoms with E-state index >= 15 is 0 Å². The average Bonchev–Trinajstić information content (AvgIpc) is 1.55. The second kappa shape index (κ2) is 37.0. The highest BCUT2D eigenvalue weighted by Crippen LogP contribution is 2.63. The Balaban J connectivity index is 0.000000105. The molecule has 136 heavy (non-hydrogen) atoms. The number of hydrogen-bond acceptors (Lipinski definition) is 0. The van der Waals surface area contributed by atoms with Crippen LogP contribution in [0.4, 0.5) is 0 Å². The van der Waals surface area contributed by atoms with Gasteiger partial charge in [-0.1, -0.05) is 384 Å². The van der Waals surface area contributed by atoms with Gasteiger partial charge in [-0.3, -0.25) is 0 Å². The smallest absolute Gasteiger partial charge is 0.00110 e. The van der Waals surface area contributed by atoms with Gasteiger partial charge in [-0.2, -0.15) is 0 Å². The molecule has 0 bridgehead atoms. The predicted octanol–water partition coefficient (Wildman–Crippen LogP) is 39.1. The summed E-state index contributed by atoms with van der Waals surface area (Å²) in [5.41, 5.74) is 56.2. The van der Waals surface area contributed by atoms with Crippen LogP contribution in [0.25, 0.3) is 159 Å². The van der Waals surface area contributed by atoms with Gasteiger partial charge in [0.05, 0.1) is 0 Å². The topological polar surface area (TPSA) is 0 Å². The lowest BCUT2D eigenvalue weighted by atomic mass is 9.77. The highest BCUT2D eigenvalue weighted by atomic mass is 14.4. The van der Waals surface area contributed by atoms with Crippen LogP contribution in [0.15, 0.2) is 265 Å². The van der Waals surface area contributed by atoms with Crippen molar-refractivity contribution in [1.82, 2.24) is 0 Å². The van der Waals surface area contributed by atoms with Gasteiger partial charge in [-0.05, 0) is 432 Å². The molecule has 0 spiro atoms. The molecule has 0 N–H and O–H groups in total. The van der Waals surface area contributed by atoms with E-state index in [9.17, 15) is 0 Å². The summed E-state index contributed by atoms with van der Waals surface area (Å²) < 4.78 is 0. The maximum absolute atomic E-state index is 2.51. The molecular weight excluding hydrogens is 1630 g/mol. The third kappa shape index (κ3) is 14.9. The second-order valence-electron chi connectivity index (χ2n) is 42.5. The van der Waals surface area contributed by atoms with Crippen molar-refractivity contribution in [3.8, 4) is 44.5 Å². The van der Waals surface area contributed by atoms with Crippen LogP contribution in [0.5, 0.6) is 0 Å². The van der Waals surface area contributed by atoms with E-state index in [0.717, 1.165) is 30.6 Å². The van der Waals surface area contributed by atoms with Crippen LogP contribution in [0.2, 0.25) is 0 Å². The molecule has 17 aromatic rings. The van der Waals surface area contributed by atoms with Crippen LogP contribution in [-0.2, 0) is 25.7 Å². The van der Waals surface area contributed by atoms with Gasteiger partial charge in [0, 0.05) is 0 Å². The fourth-order valence-electron chi connectivity index (χ4n) is 27.2. The first-order valence-corrected chi connectivity index (χ1v) is 52.8. The summed E-state index contributed by atoms with van der Waals surface area (Å²) in [6, 6.07) is 93.7. The lowest BCUT2D eigenvalue weighted by Crippen LogP contribution is -2.10. The molecule has 0 fully saturated rings. The second-order valence-corrected chi connectivity index (χ2v) is 42.5. The largest absolute Gasteiger partial charge is 0.0654 e. The molecule has 0 amide bonds. The van der Waals surface area contributed by atoms with Gasteiger partial charge in [0.15, 0.2) is 0 Å². The summed E-state index contributed by atoms with van der Waals surface area (Å²) in [7, 11) is 0. The van der Waals surface area contributed by atoms with Crippen molar-refractivity contribution in [2.45, 2.75) is 257 Å². The van der Waals surface area contributed by atoms with Gasteiger partial charge in [0.25, 0.3) is 0 Å². The van der Waals surface area contributed by atoms with E-state index in [1.807, 2.05) is 0 Å². The molecule has 2 unspecified atom stereocenters. The summed E-state index contributed by atoms with van der Waals surface area (Å²) in [4.78, 5) is 0. The van der Waals surface area contributed by atoms with Gasteiger partial charge in [-0.25, -0.2) is 0 Å². The molecule has 0 nitrogen and oxygen atoms in total. The monoisotopic (exact) mass is 1770 g/mol. The van der Waals surface area contributed by atoms with Crippen molar-refractivity contribution >= 4 is 114 Å². The van der Waals surface area contributed by atoms with Crippen LogP contribution in [0.3, 0.4) is 0 Å². The molecule has 17 aromatic carbocycles. The van der Waals surface area contributed by atoms with Crippen LogP contribution in [0.1, 0.15) is 293 Å². The van der Waals surface area contributed by atoms with Crippen LogP contribution < -0.4 is 0 Å². The Bertz CT molecular complexity index is 7900. The number of benzene rings is 17. The van der Waals surface area contributed by atoms with Crippen molar-refractivity contribution in [3.63, 3.8) is 0 Å². The Hall–Kier alpha value is -12.2. The van der Waals surface area contributed by atoms with Gasteiger partial charge in [0.1, 0.15) is 0 Å². The first-order valence-electron chi connectivity index (χ1n) is 52.8. The standard InChI is InChI=1S/C36H40.2C34H36.C32H24/c1-22(2)11-10-12-23(3)17-18-26-19-20-29-25(5)28-14-7-9-16-31(28)36-34-30-15-8-6-13-27(30)24(4)21-32(34)33(26)35(29)36;1-5-7-12-23(6-2)20-24-17-18-27-22(4)26-14-9-11-16-29(26)34-32-28-15-10-8-13-25(28)21(3)19-30(32)31(24)33(27)34;1-4-5-6-7-8-9-14-24-19-20-27-23(3)26-16-11-13-18-29(26)34-32-28-17-12-10-15-25(28)22(2)21-30(32)31(24)33(27)34;1-19-18-28-29-25(21-10-4-3-5-11-21)17-16-24-20(2)23-13-7-9-15-27(23)32(31(24)29)30(28)26-14-8-6-12-22(19)26/h6-9,13-16,21-23H,10-12,17-20H2,1-5H3;8-11,13-16,19,23H,5-7,12,17-18,20H2,1-4H3;10-13,15-18,21H,4-9,14,19-20H2,1-3H3;3-15,18H,16-17H2,1-2H3. The summed E-state index contributed by atoms with van der Waals surface area (Å²) in [5.74, 6) is 2.43. The summed E-state index contributed by atoms with van der Waals surface area (Å²) in [5, 5.41) is 22.6. The number of unbranched alkanes of at least 4 members (excludes halogenated alkanes) is 6. The maximum Gasteiger partial charge on any atom is -0.00110 e. The minimum atomic E-state index is 0.801. The first kappa shape index (κ1) is 89.0. The zero-order valence-electron chi connectivity index (χ0n) is 83.6. The number of fused-ring (bicyclic) bond motifs is 28. The Kier molecular flexibility index (Phi) is 24.2. The van der Waals surface area contributed by atoms with Crippen molar-refractivity contribution in [2.75, 3.05) is 0 Å². The first-order chi connectivity index (χ1) is 66.5. The van der Waals surface area contributed by atoms with Crippen LogP contribution in [-0.4, -0.2) is 0 Å². The molecule has 0 aromatic heterocycles. The fraction of sp³-hybridized carbons (Fsp3) is 0.309. The van der Waals surface area contributed by atoms with Crippen molar-refractivity contribution in [3.05, 3.63) is 382 Å². The predicted molar refractivity (Wildman–Crippen MR) is 592 cm³/mol. The van der Waals surface area contributed by atoms with Gasteiger partial charge in [0.2, 0.25) is 0 Å². The molecule has 0 heteroatoms. The number of hydrogen-bond donors (Lipinski definition) is 0. The molecule has 0 saturated heterocycles. The van der Waals surface area contributed by atoms with E-state index in [0.29, 0.717) is 0 Å². The zero-order chi connectivity index (χ0) is 93.0. The normalized spacial score (nSPS) is 14.7. The third-order valence-corrected chi connectivity index (χ3v) is 34.0. The van der Waals surface area contributed by atoms with E-state index in [1.165, 1.54) is 367 Å². The minimum absolute atomic E-state index is 0.801. The molecule has 25 rings (SSSR count). The summed E-state index contributed by atoms with van der Waals surface area (Å²) in [6.45, 7) is 32.8. The fourth-order valence-corrected chi connectivity index (χ4v) is 27.2. The van der Waals surface area contributed by atoms with Crippen LogP contribution >= 0.6 is 0 Å². The molecule has 8 aliphatic rings. The molecule has 2 atom stereocenters. The Labute approximate surface area is 810 Å². The van der Waals surface area contributed by atoms with Gasteiger partial charge >= 0.3 is 0 Å². The zero-order valence-corrected chi connectivity index (χ0v) is 83.6. The molecule has 8 aliphatic carbocycles. The van der Waals surface area contributed by atoms with Crippen molar-refractivity contribution in [2.24, 2.45) is 17.8 Å². The van der Waals surface area contributed by atoms with E-state index in [1.54, 1.807) is 72.4 Å². The van der Waals surface area contributed by atoms with E-state index < -0.39 is 0 Å².